The molecule has 6 heteroatoms. The summed E-state index contributed by atoms with van der Waals surface area (Å²) < 4.78 is 13.2. The Morgan fingerprint density at radius 2 is 2.21 bits per heavy atom. The van der Waals surface area contributed by atoms with E-state index in [1.807, 2.05) is 13.0 Å². The molecule has 0 bridgehead atoms. The average Bonchev–Trinajstić information content (AvgIpc) is 2.80. The number of halogens is 1. The summed E-state index contributed by atoms with van der Waals surface area (Å²) in [5.41, 5.74) is 6.86. The van der Waals surface area contributed by atoms with Crippen LogP contribution in [0.1, 0.15) is 13.8 Å². The summed E-state index contributed by atoms with van der Waals surface area (Å²) >= 11 is 0. The van der Waals surface area contributed by atoms with Crippen LogP contribution in [0.3, 0.4) is 0 Å². The highest BCUT2D eigenvalue weighted by molar-refractivity contribution is 6.40. The van der Waals surface area contributed by atoms with Gasteiger partial charge in [-0.2, -0.15) is 5.10 Å². The van der Waals surface area contributed by atoms with Crippen molar-refractivity contribution in [2.24, 2.45) is 20.8 Å². The van der Waals surface area contributed by atoms with Gasteiger partial charge in [-0.15, -0.1) is 0 Å². The van der Waals surface area contributed by atoms with Gasteiger partial charge in [-0.25, -0.2) is 14.4 Å². The molecule has 0 aromatic rings. The van der Waals surface area contributed by atoms with E-state index in [0.29, 0.717) is 11.5 Å². The smallest absolute Gasteiger partial charge is 0.164 e. The number of hydrogen-bond donors (Lipinski definition) is 1. The summed E-state index contributed by atoms with van der Waals surface area (Å²) in [6.07, 6.45) is 5.81. The van der Waals surface area contributed by atoms with Crippen LogP contribution in [0.25, 0.3) is 0 Å². The zero-order chi connectivity index (χ0) is 14.4. The molecule has 0 amide bonds. The number of nitrogens with two attached hydrogens (primary N) is 1. The quantitative estimate of drug-likeness (QED) is 0.482. The molecule has 2 N–H and O–H groups in total. The highest BCUT2D eigenvalue weighted by Gasteiger charge is 2.21. The van der Waals surface area contributed by atoms with E-state index in [2.05, 4.69) is 28.2 Å². The Balaban J connectivity index is 3.09. The van der Waals surface area contributed by atoms with Crippen LogP contribution < -0.4 is 5.73 Å². The van der Waals surface area contributed by atoms with Crippen LogP contribution in [0.4, 0.5) is 4.39 Å². The minimum absolute atomic E-state index is 0.243. The molecule has 1 aliphatic rings. The van der Waals surface area contributed by atoms with Gasteiger partial charge < -0.3 is 5.73 Å². The normalized spacial score (nSPS) is 21.0. The summed E-state index contributed by atoms with van der Waals surface area (Å²) in [6, 6.07) is 0. The van der Waals surface area contributed by atoms with Crippen LogP contribution in [-0.4, -0.2) is 22.8 Å². The summed E-state index contributed by atoms with van der Waals surface area (Å²) in [7, 11) is 0. The molecule has 0 radical (unpaired) electrons. The Morgan fingerprint density at radius 3 is 2.74 bits per heavy atom. The van der Waals surface area contributed by atoms with Gasteiger partial charge >= 0.3 is 0 Å². The lowest BCUT2D eigenvalue weighted by molar-refractivity contribution is 0.586. The highest BCUT2D eigenvalue weighted by Crippen LogP contribution is 2.16. The zero-order valence-electron chi connectivity index (χ0n) is 11.0. The molecule has 0 atom stereocenters. The Hall–Kier alpha value is -2.50. The van der Waals surface area contributed by atoms with Gasteiger partial charge in [0, 0.05) is 6.20 Å². The van der Waals surface area contributed by atoms with Gasteiger partial charge in [0.1, 0.15) is 11.5 Å². The highest BCUT2D eigenvalue weighted by atomic mass is 19.1. The molecule has 0 unspecified atom stereocenters. The van der Waals surface area contributed by atoms with Crippen LogP contribution in [0, 0.1) is 0 Å². The lowest BCUT2D eigenvalue weighted by Crippen LogP contribution is -2.22. The van der Waals surface area contributed by atoms with Crippen LogP contribution in [0.15, 0.2) is 63.9 Å². The van der Waals surface area contributed by atoms with Crippen molar-refractivity contribution in [1.82, 2.24) is 5.01 Å². The molecule has 1 heterocycles. The molecule has 5 nitrogen and oxygen atoms in total. The third kappa shape index (κ3) is 3.25. The van der Waals surface area contributed by atoms with Gasteiger partial charge in [-0.3, -0.25) is 4.99 Å². The van der Waals surface area contributed by atoms with Gasteiger partial charge in [0.05, 0.1) is 11.9 Å². The van der Waals surface area contributed by atoms with Crippen LogP contribution in [0.5, 0.6) is 0 Å². The fourth-order valence-corrected chi connectivity index (χ4v) is 1.45. The average molecular weight is 261 g/mol. The summed E-state index contributed by atoms with van der Waals surface area (Å²) in [4.78, 5) is 8.01. The number of hydrazone groups is 1. The fourth-order valence-electron chi connectivity index (χ4n) is 1.45. The SMILES string of the molecule is C=CN=C1C=NN(C(C)=N/C(N)=C(/F)C=C)/C1=C/C. The van der Waals surface area contributed by atoms with Gasteiger partial charge in [-0.05, 0) is 19.9 Å². The minimum Gasteiger partial charge on any atom is -0.381 e. The Bertz CT molecular complexity index is 537. The Morgan fingerprint density at radius 1 is 1.53 bits per heavy atom. The van der Waals surface area contributed by atoms with Gasteiger partial charge in [0.2, 0.25) is 0 Å². The molecule has 0 aromatic carbocycles. The van der Waals surface area contributed by atoms with Crippen molar-refractivity contribution in [3.05, 3.63) is 48.9 Å². The molecular formula is C13H16FN5. The lowest BCUT2D eigenvalue weighted by atomic mass is 10.3. The molecule has 1 aliphatic heterocycles. The van der Waals surface area contributed by atoms with E-state index in [1.54, 1.807) is 13.1 Å². The second kappa shape index (κ2) is 6.44. The van der Waals surface area contributed by atoms with E-state index in [-0.39, 0.29) is 5.82 Å². The Labute approximate surface area is 111 Å². The molecule has 0 saturated heterocycles. The van der Waals surface area contributed by atoms with Crippen LogP contribution >= 0.6 is 0 Å². The van der Waals surface area contributed by atoms with E-state index >= 15 is 0 Å². The second-order valence-corrected chi connectivity index (χ2v) is 3.52. The van der Waals surface area contributed by atoms with Crippen LogP contribution in [0.2, 0.25) is 0 Å². The Kier molecular flexibility index (Phi) is 4.93. The maximum absolute atomic E-state index is 13.2. The van der Waals surface area contributed by atoms with Crippen molar-refractivity contribution in [3.8, 4) is 0 Å². The van der Waals surface area contributed by atoms with E-state index in [1.165, 1.54) is 11.2 Å². The van der Waals surface area contributed by atoms with Crippen molar-refractivity contribution in [2.75, 3.05) is 0 Å². The van der Waals surface area contributed by atoms with Crippen molar-refractivity contribution in [2.45, 2.75) is 13.8 Å². The molecule has 0 spiro atoms. The molecular weight excluding hydrogens is 245 g/mol. The number of amidine groups is 1. The van der Waals surface area contributed by atoms with Gasteiger partial charge in [-0.1, -0.05) is 19.2 Å². The van der Waals surface area contributed by atoms with Gasteiger partial charge in [0.25, 0.3) is 0 Å². The number of nitrogens with zero attached hydrogens (tertiary/aromatic N) is 4. The maximum Gasteiger partial charge on any atom is 0.164 e. The molecule has 0 saturated carbocycles. The minimum atomic E-state index is -0.676. The number of allylic oxidation sites excluding steroid dienone is 4. The number of hydrogen-bond acceptors (Lipinski definition) is 4. The fraction of sp³-hybridized carbons (Fsp3) is 0.154. The first kappa shape index (κ1) is 14.6. The largest absolute Gasteiger partial charge is 0.381 e. The molecule has 1 rings (SSSR count). The van der Waals surface area contributed by atoms with E-state index in [4.69, 9.17) is 5.73 Å². The predicted octanol–water partition coefficient (Wildman–Crippen LogP) is 2.48. The number of rotatable bonds is 3. The molecule has 0 fully saturated rings. The van der Waals surface area contributed by atoms with Crippen molar-refractivity contribution in [1.29, 1.82) is 0 Å². The summed E-state index contributed by atoms with van der Waals surface area (Å²) in [6.45, 7) is 10.3. The molecule has 100 valence electrons. The monoisotopic (exact) mass is 261 g/mol. The third-order valence-electron chi connectivity index (χ3n) is 2.30. The number of aliphatic imine (C=N–C) groups is 2. The standard InChI is InChI=1S/C13H16FN5/c1-5-10(14)13(15)18-9(4)19-12(6-2)11(8-17-19)16-7-3/h5-8H,1,3,15H2,2,4H3/b12-6+,13-10+,16-11?,18-9?. The summed E-state index contributed by atoms with van der Waals surface area (Å²) in [5, 5.41) is 5.65. The lowest BCUT2D eigenvalue weighted by Gasteiger charge is -2.15. The molecule has 19 heavy (non-hydrogen) atoms. The molecule has 0 aliphatic carbocycles. The third-order valence-corrected chi connectivity index (χ3v) is 2.30. The van der Waals surface area contributed by atoms with E-state index < -0.39 is 5.83 Å². The van der Waals surface area contributed by atoms with Gasteiger partial charge in [0.15, 0.2) is 11.6 Å². The zero-order valence-corrected chi connectivity index (χ0v) is 11.0. The van der Waals surface area contributed by atoms with E-state index in [0.717, 1.165) is 11.8 Å². The van der Waals surface area contributed by atoms with Crippen molar-refractivity contribution in [3.63, 3.8) is 0 Å². The first-order chi connectivity index (χ1) is 9.04. The first-order valence-corrected chi connectivity index (χ1v) is 5.57. The topological polar surface area (TPSA) is 66.3 Å². The predicted molar refractivity (Wildman–Crippen MR) is 77.3 cm³/mol. The van der Waals surface area contributed by atoms with Crippen molar-refractivity contribution < 1.29 is 4.39 Å². The van der Waals surface area contributed by atoms with E-state index in [9.17, 15) is 4.39 Å². The van der Waals surface area contributed by atoms with Crippen molar-refractivity contribution >= 4 is 17.8 Å². The first-order valence-electron chi connectivity index (χ1n) is 5.57. The summed E-state index contributed by atoms with van der Waals surface area (Å²) in [5.74, 6) is -0.495. The van der Waals surface area contributed by atoms with Crippen LogP contribution in [-0.2, 0) is 0 Å². The molecule has 0 aromatic heterocycles. The second-order valence-electron chi connectivity index (χ2n) is 3.52. The maximum atomic E-state index is 13.2.